The van der Waals surface area contributed by atoms with Crippen LogP contribution in [0.2, 0.25) is 0 Å². The van der Waals surface area contributed by atoms with Gasteiger partial charge < -0.3 is 24.4 Å². The summed E-state index contributed by atoms with van der Waals surface area (Å²) in [5.74, 6) is 0.314. The Morgan fingerprint density at radius 3 is 2.81 bits per heavy atom. The largest absolute Gasteiger partial charge is 0.374 e. The fourth-order valence-electron chi connectivity index (χ4n) is 4.13. The van der Waals surface area contributed by atoms with Gasteiger partial charge >= 0.3 is 0 Å². The molecule has 3 aromatic rings. The first-order valence-corrected chi connectivity index (χ1v) is 11.4. The molecule has 5 rings (SSSR count). The number of nitrogens with one attached hydrogen (secondary N) is 1. The summed E-state index contributed by atoms with van der Waals surface area (Å²) in [6, 6.07) is 16.7. The predicted octanol–water partition coefficient (Wildman–Crippen LogP) is 3.98. The van der Waals surface area contributed by atoms with Crippen molar-refractivity contribution in [2.24, 2.45) is 4.99 Å². The highest BCUT2D eigenvalue weighted by atomic mass is 32.2. The van der Waals surface area contributed by atoms with E-state index in [-0.39, 0.29) is 0 Å². The van der Waals surface area contributed by atoms with Gasteiger partial charge in [0.1, 0.15) is 0 Å². The van der Waals surface area contributed by atoms with Gasteiger partial charge in [0.05, 0.1) is 29.9 Å². The van der Waals surface area contributed by atoms with Crippen LogP contribution in [0.3, 0.4) is 0 Å². The minimum Gasteiger partial charge on any atom is -0.374 e. The third kappa shape index (κ3) is 3.66. The number of anilines is 3. The first-order chi connectivity index (χ1) is 15.2. The minimum absolute atomic E-state index is 0.651. The number of ether oxygens (including phenoxy) is 1. The topological polar surface area (TPSA) is 60.0 Å². The highest BCUT2D eigenvalue weighted by Gasteiger charge is 2.51. The van der Waals surface area contributed by atoms with E-state index in [1.165, 1.54) is 11.4 Å². The maximum Gasteiger partial charge on any atom is 0.260 e. The molecular formula is C23H26N6OS. The van der Waals surface area contributed by atoms with Crippen molar-refractivity contribution in [3.05, 3.63) is 60.9 Å². The summed E-state index contributed by atoms with van der Waals surface area (Å²) in [6.45, 7) is 2.47. The van der Waals surface area contributed by atoms with E-state index >= 15 is 0 Å². The van der Waals surface area contributed by atoms with E-state index in [1.807, 2.05) is 12.4 Å². The van der Waals surface area contributed by atoms with Crippen LogP contribution >= 0.6 is 11.8 Å². The molecule has 2 aliphatic heterocycles. The lowest BCUT2D eigenvalue weighted by atomic mass is 10.2. The summed E-state index contributed by atoms with van der Waals surface area (Å²) < 4.78 is 6.20. The zero-order valence-corrected chi connectivity index (χ0v) is 18.5. The number of benzene rings is 2. The van der Waals surface area contributed by atoms with Gasteiger partial charge in [-0.05, 0) is 36.4 Å². The summed E-state index contributed by atoms with van der Waals surface area (Å²) in [6.07, 6.45) is 5.56. The van der Waals surface area contributed by atoms with Crippen molar-refractivity contribution in [3.63, 3.8) is 0 Å². The van der Waals surface area contributed by atoms with Gasteiger partial charge in [-0.1, -0.05) is 23.9 Å². The van der Waals surface area contributed by atoms with E-state index in [0.29, 0.717) is 6.61 Å². The summed E-state index contributed by atoms with van der Waals surface area (Å²) in [7, 11) is 4.17. The second kappa shape index (κ2) is 8.28. The van der Waals surface area contributed by atoms with Crippen LogP contribution in [-0.2, 0) is 4.74 Å². The van der Waals surface area contributed by atoms with Gasteiger partial charge in [-0.25, -0.2) is 4.98 Å². The molecule has 1 unspecified atom stereocenters. The molecule has 0 radical (unpaired) electrons. The smallest absolute Gasteiger partial charge is 0.260 e. The van der Waals surface area contributed by atoms with Crippen molar-refractivity contribution < 1.29 is 4.74 Å². The molecule has 0 amide bonds. The molecule has 3 heterocycles. The molecule has 2 aromatic carbocycles. The molecule has 7 nitrogen and oxygen atoms in total. The Balaban J connectivity index is 1.25. The van der Waals surface area contributed by atoms with Gasteiger partial charge in [-0.15, -0.1) is 0 Å². The first-order valence-electron chi connectivity index (χ1n) is 10.4. The minimum atomic E-state index is -0.651. The normalized spacial score (nSPS) is 19.8. The van der Waals surface area contributed by atoms with Crippen LogP contribution in [0.25, 0.3) is 0 Å². The number of thioether (sulfide) groups is 1. The average Bonchev–Trinajstić information content (AvgIpc) is 3.52. The second-order valence-corrected chi connectivity index (χ2v) is 8.73. The summed E-state index contributed by atoms with van der Waals surface area (Å²) in [5.41, 5.74) is 4.44. The maximum absolute atomic E-state index is 6.20. The van der Waals surface area contributed by atoms with Gasteiger partial charge in [0, 0.05) is 51.0 Å². The average molecular weight is 435 g/mol. The van der Waals surface area contributed by atoms with Crippen molar-refractivity contribution in [1.29, 1.82) is 0 Å². The SMILES string of the molecule is CN(CCSc1ncc[nH]1)c1ccc(N=CC23OCCN2c2ccccc2N3C)cc1. The number of aromatic amines is 1. The van der Waals surface area contributed by atoms with E-state index in [4.69, 9.17) is 9.73 Å². The molecule has 31 heavy (non-hydrogen) atoms. The fourth-order valence-corrected chi connectivity index (χ4v) is 4.97. The number of rotatable bonds is 7. The zero-order valence-electron chi connectivity index (χ0n) is 17.7. The van der Waals surface area contributed by atoms with E-state index in [0.717, 1.165) is 35.4 Å². The number of imidazole rings is 1. The number of para-hydroxylation sites is 2. The van der Waals surface area contributed by atoms with Crippen LogP contribution < -0.4 is 14.7 Å². The molecule has 1 saturated heterocycles. The lowest BCUT2D eigenvalue weighted by Gasteiger charge is -2.34. The Morgan fingerprint density at radius 2 is 2.03 bits per heavy atom. The molecule has 8 heteroatoms. The Morgan fingerprint density at radius 1 is 1.23 bits per heavy atom. The van der Waals surface area contributed by atoms with Crippen molar-refractivity contribution in [2.75, 3.05) is 54.2 Å². The second-order valence-electron chi connectivity index (χ2n) is 7.65. The molecule has 1 fully saturated rings. The number of hydrogen-bond acceptors (Lipinski definition) is 7. The Labute approximate surface area is 186 Å². The van der Waals surface area contributed by atoms with Crippen molar-refractivity contribution in [2.45, 2.75) is 11.0 Å². The molecule has 160 valence electrons. The standard InChI is InChI=1S/C23H26N6OS/c1-27(14-16-31-22-24-11-12-25-22)19-9-7-18(8-10-19)26-17-23-28(2)20-5-3-4-6-21(20)29(23)13-15-30-23/h3-12,17H,13-16H2,1-2H3,(H,24,25). The lowest BCUT2D eigenvalue weighted by molar-refractivity contribution is 0.0735. The zero-order chi connectivity index (χ0) is 21.3. The van der Waals surface area contributed by atoms with E-state index < -0.39 is 5.85 Å². The summed E-state index contributed by atoms with van der Waals surface area (Å²) in [5, 5.41) is 0.958. The monoisotopic (exact) mass is 434 g/mol. The highest BCUT2D eigenvalue weighted by molar-refractivity contribution is 7.99. The van der Waals surface area contributed by atoms with E-state index in [2.05, 4.69) is 87.3 Å². The number of aliphatic imine (C=N–C) groups is 1. The van der Waals surface area contributed by atoms with E-state index in [1.54, 1.807) is 18.0 Å². The molecule has 2 aliphatic rings. The fraction of sp³-hybridized carbons (Fsp3) is 0.304. The number of H-pyrrole nitrogens is 1. The predicted molar refractivity (Wildman–Crippen MR) is 128 cm³/mol. The lowest BCUT2D eigenvalue weighted by Crippen LogP contribution is -2.54. The van der Waals surface area contributed by atoms with Gasteiger partial charge in [0.15, 0.2) is 5.16 Å². The number of fused-ring (bicyclic) bond motifs is 3. The quantitative estimate of drug-likeness (QED) is 0.448. The molecule has 1 aromatic heterocycles. The maximum atomic E-state index is 6.20. The van der Waals surface area contributed by atoms with Crippen LogP contribution in [0, 0.1) is 0 Å². The Hall–Kier alpha value is -2.97. The summed E-state index contributed by atoms with van der Waals surface area (Å²) in [4.78, 5) is 18.8. The van der Waals surface area contributed by atoms with Gasteiger partial charge in [-0.3, -0.25) is 4.99 Å². The van der Waals surface area contributed by atoms with Crippen molar-refractivity contribution in [1.82, 2.24) is 9.97 Å². The molecule has 0 saturated carbocycles. The number of aromatic nitrogens is 2. The van der Waals surface area contributed by atoms with Gasteiger partial charge in [0.25, 0.3) is 5.85 Å². The van der Waals surface area contributed by atoms with E-state index in [9.17, 15) is 0 Å². The Kier molecular flexibility index (Phi) is 5.33. The van der Waals surface area contributed by atoms with Gasteiger partial charge in [-0.2, -0.15) is 0 Å². The molecule has 1 atom stereocenters. The third-order valence-corrected chi connectivity index (χ3v) is 6.72. The van der Waals surface area contributed by atoms with Crippen molar-refractivity contribution >= 4 is 40.7 Å². The third-order valence-electron chi connectivity index (χ3n) is 5.84. The molecule has 0 bridgehead atoms. The highest BCUT2D eigenvalue weighted by Crippen LogP contribution is 2.46. The molecule has 1 N–H and O–H groups in total. The van der Waals surface area contributed by atoms with Crippen LogP contribution in [0.15, 0.2) is 71.1 Å². The summed E-state index contributed by atoms with van der Waals surface area (Å²) >= 11 is 1.72. The van der Waals surface area contributed by atoms with Crippen LogP contribution in [-0.4, -0.2) is 61.6 Å². The van der Waals surface area contributed by atoms with Crippen LogP contribution in [0.5, 0.6) is 0 Å². The number of hydrogen-bond donors (Lipinski definition) is 1. The number of nitrogens with zero attached hydrogens (tertiary/aromatic N) is 5. The molecule has 0 spiro atoms. The van der Waals surface area contributed by atoms with Crippen LogP contribution in [0.1, 0.15) is 0 Å². The van der Waals surface area contributed by atoms with Crippen molar-refractivity contribution in [3.8, 4) is 0 Å². The molecular weight excluding hydrogens is 408 g/mol. The molecule has 0 aliphatic carbocycles. The van der Waals surface area contributed by atoms with Crippen LogP contribution in [0.4, 0.5) is 22.7 Å². The Bertz CT molecular complexity index is 1050. The van der Waals surface area contributed by atoms with Gasteiger partial charge in [0.2, 0.25) is 0 Å². The first kappa shape index (κ1) is 20.0.